The fourth-order valence-electron chi connectivity index (χ4n) is 4.88. The Morgan fingerprint density at radius 1 is 0.826 bits per heavy atom. The van der Waals surface area contributed by atoms with Crippen LogP contribution in [0.2, 0.25) is 0 Å². The van der Waals surface area contributed by atoms with E-state index in [1.54, 1.807) is 65.8 Å². The first-order chi connectivity index (χ1) is 21.1. The summed E-state index contributed by atoms with van der Waals surface area (Å²) in [7, 11) is 0. The molecule has 252 valence electrons. The van der Waals surface area contributed by atoms with E-state index in [2.05, 4.69) is 17.2 Å². The molecule has 0 fully saturated rings. The van der Waals surface area contributed by atoms with Crippen molar-refractivity contribution in [2.24, 2.45) is 5.92 Å². The van der Waals surface area contributed by atoms with Gasteiger partial charge in [-0.25, -0.2) is 9.59 Å². The number of esters is 1. The van der Waals surface area contributed by atoms with Gasteiger partial charge in [-0.15, -0.1) is 0 Å². The van der Waals surface area contributed by atoms with Crippen molar-refractivity contribution < 1.29 is 28.7 Å². The van der Waals surface area contributed by atoms with Crippen LogP contribution in [0, 0.1) is 5.92 Å². The number of hydrogen-bond donors (Lipinski definition) is 2. The Hall–Kier alpha value is -4.14. The summed E-state index contributed by atoms with van der Waals surface area (Å²) in [5.41, 5.74) is -0.389. The van der Waals surface area contributed by atoms with Gasteiger partial charge >= 0.3 is 12.1 Å². The topological polar surface area (TPSA) is 114 Å². The molecule has 9 heteroatoms. The predicted octanol–water partition coefficient (Wildman–Crippen LogP) is 6.62. The highest BCUT2D eigenvalue weighted by Crippen LogP contribution is 2.32. The van der Waals surface area contributed by atoms with Gasteiger partial charge in [0.2, 0.25) is 11.8 Å². The molecule has 0 spiro atoms. The number of amides is 3. The first-order valence-electron chi connectivity index (χ1n) is 15.7. The zero-order valence-corrected chi connectivity index (χ0v) is 29.4. The van der Waals surface area contributed by atoms with Crippen molar-refractivity contribution in [2.45, 2.75) is 117 Å². The van der Waals surface area contributed by atoms with E-state index >= 15 is 0 Å². The molecule has 0 aliphatic carbocycles. The fraction of sp³-hybridized carbons (Fsp3) is 0.514. The molecule has 3 atom stereocenters. The molecule has 3 unspecified atom stereocenters. The van der Waals surface area contributed by atoms with E-state index in [9.17, 15) is 19.2 Å². The average Bonchev–Trinajstić information content (AvgIpc) is 2.91. The molecule has 0 aromatic heterocycles. The van der Waals surface area contributed by atoms with Gasteiger partial charge in [-0.3, -0.25) is 9.59 Å². The molecule has 0 saturated carbocycles. The molecular formula is C37H53N3O6. The van der Waals surface area contributed by atoms with E-state index in [1.807, 2.05) is 71.0 Å². The predicted molar refractivity (Wildman–Crippen MR) is 182 cm³/mol. The molecule has 0 radical (unpaired) electrons. The van der Waals surface area contributed by atoms with Gasteiger partial charge in [0, 0.05) is 12.0 Å². The van der Waals surface area contributed by atoms with Gasteiger partial charge in [0.25, 0.3) is 0 Å². The quantitative estimate of drug-likeness (QED) is 0.269. The maximum absolute atomic E-state index is 14.6. The standard InChI is InChI=1S/C37H53N3O6/c1-13-25-20-17-21-27(22-25)30(31(41)38-28(33(43)45-36(7,8)9)23-26-18-15-14-16-19-26)40(35(4,5)6)32(42)29(24(2)3)39-34(44)46-37(10,11)12/h13-22,24,28-30H,1,23H2,2-12H3,(H,38,41)(H,39,44). The maximum Gasteiger partial charge on any atom is 0.408 e. The van der Waals surface area contributed by atoms with Crippen LogP contribution in [0.1, 0.15) is 98.9 Å². The molecule has 0 aliphatic heterocycles. The van der Waals surface area contributed by atoms with Gasteiger partial charge in [-0.1, -0.05) is 75.0 Å². The Kier molecular flexibility index (Phi) is 12.8. The van der Waals surface area contributed by atoms with E-state index in [4.69, 9.17) is 9.47 Å². The van der Waals surface area contributed by atoms with Gasteiger partial charge in [0.1, 0.15) is 29.3 Å². The molecule has 0 saturated heterocycles. The van der Waals surface area contributed by atoms with Crippen LogP contribution in [0.4, 0.5) is 4.79 Å². The second kappa shape index (κ2) is 15.4. The Bertz CT molecular complexity index is 1370. The van der Waals surface area contributed by atoms with Crippen LogP contribution in [0.15, 0.2) is 61.2 Å². The molecule has 2 rings (SSSR count). The first kappa shape index (κ1) is 38.0. The summed E-state index contributed by atoms with van der Waals surface area (Å²) in [6.45, 7) is 23.5. The van der Waals surface area contributed by atoms with Gasteiger partial charge in [0.05, 0.1) is 0 Å². The summed E-state index contributed by atoms with van der Waals surface area (Å²) < 4.78 is 11.2. The molecular weight excluding hydrogens is 582 g/mol. The van der Waals surface area contributed by atoms with Crippen molar-refractivity contribution >= 4 is 30.0 Å². The molecule has 2 aromatic rings. The molecule has 0 heterocycles. The second-order valence-corrected chi connectivity index (χ2v) is 14.8. The van der Waals surface area contributed by atoms with Gasteiger partial charge < -0.3 is 25.0 Å². The zero-order chi connectivity index (χ0) is 35.0. The van der Waals surface area contributed by atoms with E-state index in [1.165, 1.54) is 4.90 Å². The van der Waals surface area contributed by atoms with E-state index in [0.717, 1.165) is 11.1 Å². The highest BCUT2D eigenvalue weighted by molar-refractivity contribution is 5.94. The summed E-state index contributed by atoms with van der Waals surface area (Å²) >= 11 is 0. The van der Waals surface area contributed by atoms with Crippen LogP contribution in [0.25, 0.3) is 6.08 Å². The van der Waals surface area contributed by atoms with Crippen LogP contribution < -0.4 is 10.6 Å². The highest BCUT2D eigenvalue weighted by Gasteiger charge is 2.43. The highest BCUT2D eigenvalue weighted by atomic mass is 16.6. The molecule has 2 N–H and O–H groups in total. The number of benzene rings is 2. The number of hydrogen-bond acceptors (Lipinski definition) is 6. The van der Waals surface area contributed by atoms with E-state index in [0.29, 0.717) is 5.56 Å². The number of nitrogens with one attached hydrogen (secondary N) is 2. The van der Waals surface area contributed by atoms with Crippen LogP contribution in [-0.2, 0) is 30.3 Å². The number of alkyl carbamates (subject to hydrolysis) is 1. The van der Waals surface area contributed by atoms with Crippen LogP contribution in [-0.4, -0.2) is 57.6 Å². The number of ether oxygens (including phenoxy) is 2. The molecule has 46 heavy (non-hydrogen) atoms. The third kappa shape index (κ3) is 11.7. The van der Waals surface area contributed by atoms with Gasteiger partial charge in [0.15, 0.2) is 0 Å². The summed E-state index contributed by atoms with van der Waals surface area (Å²) in [6, 6.07) is 13.3. The second-order valence-electron chi connectivity index (χ2n) is 14.8. The SMILES string of the molecule is C=Cc1cccc(C(C(=O)NC(Cc2ccccc2)C(=O)OC(C)(C)C)N(C(=O)C(NC(=O)OC(C)(C)C)C(C)C)C(C)(C)C)c1. The van der Waals surface area contributed by atoms with Crippen LogP contribution in [0.5, 0.6) is 0 Å². The lowest BCUT2D eigenvalue weighted by molar-refractivity contribution is -0.159. The minimum atomic E-state index is -1.19. The average molecular weight is 636 g/mol. The molecule has 2 aromatic carbocycles. The van der Waals surface area contributed by atoms with Crippen molar-refractivity contribution in [1.29, 1.82) is 0 Å². The molecule has 9 nitrogen and oxygen atoms in total. The smallest absolute Gasteiger partial charge is 0.408 e. The number of carbonyl (C=O) groups is 4. The van der Waals surface area contributed by atoms with Gasteiger partial charge in [-0.2, -0.15) is 0 Å². The lowest BCUT2D eigenvalue weighted by Crippen LogP contribution is -2.60. The van der Waals surface area contributed by atoms with Crippen molar-refractivity contribution in [3.63, 3.8) is 0 Å². The monoisotopic (exact) mass is 635 g/mol. The third-order valence-corrected chi connectivity index (χ3v) is 6.82. The van der Waals surface area contributed by atoms with Crippen molar-refractivity contribution in [1.82, 2.24) is 15.5 Å². The maximum atomic E-state index is 14.6. The van der Waals surface area contributed by atoms with Gasteiger partial charge in [-0.05, 0) is 91.0 Å². The Labute approximate surface area is 275 Å². The minimum Gasteiger partial charge on any atom is -0.458 e. The Morgan fingerprint density at radius 2 is 1.41 bits per heavy atom. The van der Waals surface area contributed by atoms with E-state index < -0.39 is 58.7 Å². The first-order valence-corrected chi connectivity index (χ1v) is 15.7. The number of carbonyl (C=O) groups excluding carboxylic acids is 4. The molecule has 3 amide bonds. The third-order valence-electron chi connectivity index (χ3n) is 6.82. The van der Waals surface area contributed by atoms with Crippen molar-refractivity contribution in [3.8, 4) is 0 Å². The number of rotatable bonds is 11. The van der Waals surface area contributed by atoms with Crippen LogP contribution >= 0.6 is 0 Å². The fourth-order valence-corrected chi connectivity index (χ4v) is 4.88. The zero-order valence-electron chi connectivity index (χ0n) is 29.4. The molecule has 0 bridgehead atoms. The molecule has 0 aliphatic rings. The van der Waals surface area contributed by atoms with Crippen molar-refractivity contribution in [3.05, 3.63) is 77.9 Å². The Morgan fingerprint density at radius 3 is 1.91 bits per heavy atom. The van der Waals surface area contributed by atoms with E-state index in [-0.39, 0.29) is 12.3 Å². The lowest BCUT2D eigenvalue weighted by atomic mass is 9.92. The Balaban J connectivity index is 2.68. The minimum absolute atomic E-state index is 0.180. The van der Waals surface area contributed by atoms with Crippen LogP contribution in [0.3, 0.4) is 0 Å². The number of nitrogens with zero attached hydrogens (tertiary/aromatic N) is 1. The largest absolute Gasteiger partial charge is 0.458 e. The normalized spacial score (nSPS) is 14.0. The summed E-state index contributed by atoms with van der Waals surface area (Å²) in [5.74, 6) is -1.99. The summed E-state index contributed by atoms with van der Waals surface area (Å²) in [4.78, 5) is 57.0. The summed E-state index contributed by atoms with van der Waals surface area (Å²) in [5, 5.41) is 5.66. The lowest BCUT2D eigenvalue weighted by Gasteiger charge is -2.44. The summed E-state index contributed by atoms with van der Waals surface area (Å²) in [6.07, 6.45) is 1.09. The van der Waals surface area contributed by atoms with Crippen molar-refractivity contribution in [2.75, 3.05) is 0 Å².